The zero-order valence-electron chi connectivity index (χ0n) is 15.5. The van der Waals surface area contributed by atoms with Crippen LogP contribution >= 0.6 is 11.3 Å². The fourth-order valence-electron chi connectivity index (χ4n) is 4.97. The minimum Gasteiger partial charge on any atom is -0.334 e. The number of piperazine rings is 1. The maximum atomic E-state index is 13.0. The summed E-state index contributed by atoms with van der Waals surface area (Å²) in [6, 6.07) is 3.34. The average Bonchev–Trinajstić information content (AvgIpc) is 3.33. The lowest BCUT2D eigenvalue weighted by atomic mass is 9.97. The Morgan fingerprint density at radius 2 is 1.92 bits per heavy atom. The van der Waals surface area contributed by atoms with Crippen LogP contribution in [0, 0.1) is 0 Å². The van der Waals surface area contributed by atoms with Crippen LogP contribution in [0.1, 0.15) is 55.5 Å². The summed E-state index contributed by atoms with van der Waals surface area (Å²) in [6.45, 7) is 8.10. The van der Waals surface area contributed by atoms with Crippen LogP contribution in [0.4, 0.5) is 0 Å². The smallest absolute Gasteiger partial charge is 0.237 e. The summed E-state index contributed by atoms with van der Waals surface area (Å²) in [5.41, 5.74) is 1.40. The van der Waals surface area contributed by atoms with E-state index in [-0.39, 0.29) is 0 Å². The van der Waals surface area contributed by atoms with E-state index in [0.717, 1.165) is 51.6 Å². The van der Waals surface area contributed by atoms with Crippen molar-refractivity contribution in [3.8, 4) is 0 Å². The molecule has 0 radical (unpaired) electrons. The number of hydrogen-bond acceptors (Lipinski definition) is 4. The van der Waals surface area contributed by atoms with Crippen molar-refractivity contribution < 1.29 is 4.79 Å². The standard InChI is InChI=1S/C20H31N3OS/c1-2-18-17-8-14-25-19(17)7-9-23(18)20(24)15-21-10-12-22(13-11-21)16-5-3-4-6-16/h8,14,16,18H,2-7,9-13,15H2,1H3. The number of amides is 1. The normalized spacial score (nSPS) is 26.1. The molecule has 1 atom stereocenters. The Hall–Kier alpha value is -0.910. The van der Waals surface area contributed by atoms with Gasteiger partial charge in [-0.1, -0.05) is 19.8 Å². The molecule has 0 bridgehead atoms. The van der Waals surface area contributed by atoms with Gasteiger partial charge in [-0.25, -0.2) is 0 Å². The first kappa shape index (κ1) is 17.5. The topological polar surface area (TPSA) is 26.8 Å². The van der Waals surface area contributed by atoms with E-state index in [1.165, 1.54) is 36.1 Å². The van der Waals surface area contributed by atoms with Gasteiger partial charge in [-0.05, 0) is 42.7 Å². The van der Waals surface area contributed by atoms with Crippen LogP contribution in [0.5, 0.6) is 0 Å². The first-order valence-electron chi connectivity index (χ1n) is 10.1. The molecule has 4 rings (SSSR count). The van der Waals surface area contributed by atoms with Crippen LogP contribution in [0.2, 0.25) is 0 Å². The predicted molar refractivity (Wildman–Crippen MR) is 103 cm³/mol. The predicted octanol–water partition coefficient (Wildman–Crippen LogP) is 3.14. The molecule has 3 aliphatic rings. The first-order valence-corrected chi connectivity index (χ1v) is 11.0. The lowest BCUT2D eigenvalue weighted by Crippen LogP contribution is -2.53. The molecule has 1 saturated carbocycles. The summed E-state index contributed by atoms with van der Waals surface area (Å²) in [4.78, 5) is 21.7. The molecule has 1 unspecified atom stereocenters. The van der Waals surface area contributed by atoms with Gasteiger partial charge in [-0.15, -0.1) is 11.3 Å². The van der Waals surface area contributed by atoms with Gasteiger partial charge in [0.05, 0.1) is 12.6 Å². The molecule has 138 valence electrons. The third-order valence-electron chi connectivity index (χ3n) is 6.41. The number of hydrogen-bond donors (Lipinski definition) is 0. The van der Waals surface area contributed by atoms with E-state index >= 15 is 0 Å². The highest BCUT2D eigenvalue weighted by atomic mass is 32.1. The number of nitrogens with zero attached hydrogens (tertiary/aromatic N) is 3. The molecule has 1 amide bonds. The van der Waals surface area contributed by atoms with E-state index in [2.05, 4.69) is 33.1 Å². The van der Waals surface area contributed by atoms with Crippen LogP contribution in [-0.2, 0) is 11.2 Å². The average molecular weight is 362 g/mol. The van der Waals surface area contributed by atoms with Gasteiger partial charge in [0.15, 0.2) is 0 Å². The fourth-order valence-corrected chi connectivity index (χ4v) is 5.90. The van der Waals surface area contributed by atoms with Gasteiger partial charge in [0.2, 0.25) is 5.91 Å². The molecule has 2 fully saturated rings. The third kappa shape index (κ3) is 3.64. The Bertz CT molecular complexity index is 588. The van der Waals surface area contributed by atoms with Crippen molar-refractivity contribution in [1.29, 1.82) is 0 Å². The van der Waals surface area contributed by atoms with Crippen molar-refractivity contribution in [2.45, 2.75) is 57.5 Å². The van der Waals surface area contributed by atoms with Crippen LogP contribution < -0.4 is 0 Å². The van der Waals surface area contributed by atoms with Crippen molar-refractivity contribution in [3.63, 3.8) is 0 Å². The molecular weight excluding hydrogens is 330 g/mol. The van der Waals surface area contributed by atoms with Gasteiger partial charge in [-0.3, -0.25) is 14.6 Å². The van der Waals surface area contributed by atoms with Gasteiger partial charge in [0.1, 0.15) is 0 Å². The van der Waals surface area contributed by atoms with Crippen molar-refractivity contribution in [3.05, 3.63) is 21.9 Å². The summed E-state index contributed by atoms with van der Waals surface area (Å²) in [7, 11) is 0. The molecule has 0 spiro atoms. The molecule has 2 aliphatic heterocycles. The zero-order valence-corrected chi connectivity index (χ0v) is 16.3. The molecule has 1 aliphatic carbocycles. The molecular formula is C20H31N3OS. The Labute approximate surface area is 155 Å². The van der Waals surface area contributed by atoms with E-state index in [4.69, 9.17) is 0 Å². The largest absolute Gasteiger partial charge is 0.334 e. The fraction of sp³-hybridized carbons (Fsp3) is 0.750. The molecule has 1 saturated heterocycles. The number of thiophene rings is 1. The van der Waals surface area contributed by atoms with Crippen LogP contribution in [0.25, 0.3) is 0 Å². The maximum absolute atomic E-state index is 13.0. The zero-order chi connectivity index (χ0) is 17.2. The lowest BCUT2D eigenvalue weighted by Gasteiger charge is -2.40. The second kappa shape index (κ2) is 7.77. The van der Waals surface area contributed by atoms with Crippen LogP contribution in [-0.4, -0.2) is 65.9 Å². The van der Waals surface area contributed by atoms with E-state index in [1.54, 1.807) is 0 Å². The summed E-state index contributed by atoms with van der Waals surface area (Å²) in [5.74, 6) is 0.331. The van der Waals surface area contributed by atoms with Crippen molar-refractivity contribution in [2.24, 2.45) is 0 Å². The Morgan fingerprint density at radius 3 is 2.64 bits per heavy atom. The molecule has 4 nitrogen and oxygen atoms in total. The van der Waals surface area contributed by atoms with Gasteiger partial charge in [-0.2, -0.15) is 0 Å². The Kier molecular flexibility index (Phi) is 5.44. The maximum Gasteiger partial charge on any atom is 0.237 e. The molecule has 1 aromatic rings. The van der Waals surface area contributed by atoms with Crippen molar-refractivity contribution in [1.82, 2.24) is 14.7 Å². The Morgan fingerprint density at radius 1 is 1.16 bits per heavy atom. The van der Waals surface area contributed by atoms with E-state index in [0.29, 0.717) is 18.5 Å². The number of carbonyl (C=O) groups excluding carboxylic acids is 1. The second-order valence-electron chi connectivity index (χ2n) is 7.81. The summed E-state index contributed by atoms with van der Waals surface area (Å²) in [5, 5.41) is 2.18. The number of rotatable bonds is 4. The van der Waals surface area contributed by atoms with E-state index < -0.39 is 0 Å². The summed E-state index contributed by atoms with van der Waals surface area (Å²) in [6.07, 6.45) is 7.62. The van der Waals surface area contributed by atoms with E-state index in [1.807, 2.05) is 11.3 Å². The van der Waals surface area contributed by atoms with Crippen LogP contribution in [0.15, 0.2) is 11.4 Å². The minimum atomic E-state index is 0.294. The molecule has 25 heavy (non-hydrogen) atoms. The van der Waals surface area contributed by atoms with E-state index in [9.17, 15) is 4.79 Å². The van der Waals surface area contributed by atoms with Crippen LogP contribution in [0.3, 0.4) is 0 Å². The molecule has 1 aromatic heterocycles. The highest BCUT2D eigenvalue weighted by molar-refractivity contribution is 7.10. The number of carbonyl (C=O) groups is 1. The molecule has 3 heterocycles. The second-order valence-corrected chi connectivity index (χ2v) is 8.81. The lowest BCUT2D eigenvalue weighted by molar-refractivity contribution is -0.136. The highest BCUT2D eigenvalue weighted by Crippen LogP contribution is 2.35. The van der Waals surface area contributed by atoms with Crippen molar-refractivity contribution in [2.75, 3.05) is 39.3 Å². The minimum absolute atomic E-state index is 0.294. The molecule has 5 heteroatoms. The SMILES string of the molecule is CCC1c2ccsc2CCN1C(=O)CN1CCN(C2CCCC2)CC1. The van der Waals surface area contributed by atoms with Gasteiger partial charge >= 0.3 is 0 Å². The summed E-state index contributed by atoms with van der Waals surface area (Å²) < 4.78 is 0. The quantitative estimate of drug-likeness (QED) is 0.824. The van der Waals surface area contributed by atoms with Gasteiger partial charge in [0.25, 0.3) is 0 Å². The molecule has 0 N–H and O–H groups in total. The first-order chi connectivity index (χ1) is 12.3. The summed E-state index contributed by atoms with van der Waals surface area (Å²) >= 11 is 1.85. The highest BCUT2D eigenvalue weighted by Gasteiger charge is 2.32. The molecule has 0 aromatic carbocycles. The monoisotopic (exact) mass is 361 g/mol. The van der Waals surface area contributed by atoms with Crippen molar-refractivity contribution >= 4 is 17.2 Å². The Balaban J connectivity index is 1.32. The van der Waals surface area contributed by atoms with Gasteiger partial charge < -0.3 is 4.90 Å². The third-order valence-corrected chi connectivity index (χ3v) is 7.41. The number of fused-ring (bicyclic) bond motifs is 1. The van der Waals surface area contributed by atoms with Gasteiger partial charge in [0, 0.05) is 43.6 Å².